The van der Waals surface area contributed by atoms with E-state index in [2.05, 4.69) is 21.1 Å². The molecule has 2 heterocycles. The van der Waals surface area contributed by atoms with Gasteiger partial charge in [-0.15, -0.1) is 12.4 Å². The lowest BCUT2D eigenvalue weighted by Crippen LogP contribution is -2.57. The van der Waals surface area contributed by atoms with Crippen molar-refractivity contribution >= 4 is 47.4 Å². The highest BCUT2D eigenvalue weighted by atomic mass is 35.5. The number of ether oxygens (including phenoxy) is 1. The van der Waals surface area contributed by atoms with Crippen LogP contribution in [-0.2, 0) is 17.8 Å². The molecule has 1 saturated heterocycles. The van der Waals surface area contributed by atoms with E-state index < -0.39 is 5.82 Å². The summed E-state index contributed by atoms with van der Waals surface area (Å²) in [5.74, 6) is 1.01. The van der Waals surface area contributed by atoms with Gasteiger partial charge in [0.15, 0.2) is 0 Å². The second-order valence-corrected chi connectivity index (χ2v) is 13.2. The maximum absolute atomic E-state index is 14.6. The number of thioether (sulfide) groups is 1. The highest BCUT2D eigenvalue weighted by Crippen LogP contribution is 2.38. The van der Waals surface area contributed by atoms with Gasteiger partial charge in [-0.2, -0.15) is 17.0 Å². The minimum Gasteiger partial charge on any atom is -0.489 e. The van der Waals surface area contributed by atoms with Crippen molar-refractivity contribution in [2.24, 2.45) is 0 Å². The number of nitriles is 1. The predicted molar refractivity (Wildman–Crippen MR) is 197 cm³/mol. The van der Waals surface area contributed by atoms with Crippen LogP contribution in [0, 0.1) is 17.1 Å². The lowest BCUT2D eigenvalue weighted by molar-refractivity contribution is -0.123. The van der Waals surface area contributed by atoms with Gasteiger partial charge in [-0.25, -0.2) is 9.37 Å². The van der Waals surface area contributed by atoms with Gasteiger partial charge in [0, 0.05) is 29.4 Å². The quantitative estimate of drug-likeness (QED) is 0.139. The van der Waals surface area contributed by atoms with Crippen LogP contribution >= 0.6 is 35.8 Å². The van der Waals surface area contributed by atoms with E-state index >= 15 is 0 Å². The minimum atomic E-state index is -0.554. The summed E-state index contributed by atoms with van der Waals surface area (Å²) in [6.07, 6.45) is 6.72. The molecule has 252 valence electrons. The van der Waals surface area contributed by atoms with Crippen LogP contribution in [0.1, 0.15) is 34.8 Å². The van der Waals surface area contributed by atoms with Crippen molar-refractivity contribution in [3.63, 3.8) is 0 Å². The van der Waals surface area contributed by atoms with Gasteiger partial charge >= 0.3 is 0 Å². The first-order valence-electron chi connectivity index (χ1n) is 15.7. The maximum Gasteiger partial charge on any atom is 0.241 e. The summed E-state index contributed by atoms with van der Waals surface area (Å²) in [5, 5.41) is 9.77. The average molecular weight is 717 g/mol. The summed E-state index contributed by atoms with van der Waals surface area (Å²) in [5.41, 5.74) is 5.20. The van der Waals surface area contributed by atoms with Gasteiger partial charge in [-0.1, -0.05) is 66.2 Å². The third-order valence-corrected chi connectivity index (χ3v) is 9.52. The summed E-state index contributed by atoms with van der Waals surface area (Å²) in [6, 6.07) is 29.9. The first-order chi connectivity index (χ1) is 23.4. The van der Waals surface area contributed by atoms with Crippen molar-refractivity contribution in [3.05, 3.63) is 137 Å². The molecule has 11 heteroatoms. The Hall–Kier alpha value is -4.33. The lowest BCUT2D eigenvalue weighted by atomic mass is 9.96. The van der Waals surface area contributed by atoms with E-state index in [1.165, 1.54) is 12.1 Å². The van der Waals surface area contributed by atoms with Crippen molar-refractivity contribution in [1.29, 1.82) is 5.26 Å². The predicted octanol–water partition coefficient (Wildman–Crippen LogP) is 8.50. The molecule has 1 aromatic heterocycles. The number of amides is 1. The van der Waals surface area contributed by atoms with Crippen molar-refractivity contribution in [3.8, 4) is 22.9 Å². The molecule has 0 radical (unpaired) electrons. The van der Waals surface area contributed by atoms with Crippen LogP contribution in [0.15, 0.2) is 104 Å². The number of aromatic nitrogens is 2. The first kappa shape index (κ1) is 36.0. The number of aromatic amines is 1. The molecule has 5 aromatic rings. The Bertz CT molecular complexity index is 1900. The number of hydrogen-bond acceptors (Lipinski definition) is 6. The normalized spacial score (nSPS) is 15.3. The molecule has 49 heavy (non-hydrogen) atoms. The highest BCUT2D eigenvalue weighted by Gasteiger charge is 2.38. The monoisotopic (exact) mass is 715 g/mol. The van der Waals surface area contributed by atoms with E-state index in [0.717, 1.165) is 51.6 Å². The number of benzene rings is 4. The van der Waals surface area contributed by atoms with E-state index in [1.807, 2.05) is 83.8 Å². The molecule has 1 amide bonds. The molecule has 6 rings (SSSR count). The Morgan fingerprint density at radius 3 is 2.65 bits per heavy atom. The maximum atomic E-state index is 14.6. The molecular weight excluding hydrogens is 680 g/mol. The fourth-order valence-electron chi connectivity index (χ4n) is 6.22. The van der Waals surface area contributed by atoms with Gasteiger partial charge in [0.05, 0.1) is 35.9 Å². The topological polar surface area (TPSA) is 85.2 Å². The number of hydrogen-bond donors (Lipinski definition) is 1. The largest absolute Gasteiger partial charge is 0.489 e. The van der Waals surface area contributed by atoms with Crippen molar-refractivity contribution in [2.75, 3.05) is 30.0 Å². The fraction of sp³-hybridized carbons (Fsp3) is 0.237. The molecule has 1 aliphatic heterocycles. The Morgan fingerprint density at radius 1 is 1.08 bits per heavy atom. The molecule has 0 saturated carbocycles. The number of carbonyl (C=O) groups excluding carboxylic acids is 1. The molecule has 7 nitrogen and oxygen atoms in total. The summed E-state index contributed by atoms with van der Waals surface area (Å²) in [6.45, 7) is 1.04. The number of halogens is 3. The molecule has 1 fully saturated rings. The van der Waals surface area contributed by atoms with E-state index in [9.17, 15) is 14.4 Å². The van der Waals surface area contributed by atoms with Gasteiger partial charge in [0.1, 0.15) is 24.2 Å². The Balaban J connectivity index is 0.00000468. The van der Waals surface area contributed by atoms with E-state index in [4.69, 9.17) is 16.3 Å². The fourth-order valence-corrected chi connectivity index (χ4v) is 6.89. The van der Waals surface area contributed by atoms with Gasteiger partial charge in [-0.3, -0.25) is 9.69 Å². The van der Waals surface area contributed by atoms with Gasteiger partial charge < -0.3 is 14.6 Å². The number of carbonyl (C=O) groups is 1. The van der Waals surface area contributed by atoms with Crippen molar-refractivity contribution in [1.82, 2.24) is 14.9 Å². The second kappa shape index (κ2) is 16.9. The standard InChI is InChI=1S/C38H35ClFN5O2S.ClH/c1-48-15-14-31-22-45(38(46)23-44(31)37(35-21-42-25-43-35)17-27-10-11-29(20-41)34(40)16-27)36-19-30(39)12-13-33(36)28-8-5-9-32(18-28)47-24-26-6-3-2-4-7-26;/h2-13,16,18-19,21,25,31,37H,14-15,17,22-24H2,1H3,(H,42,43);1H/t31?,37-;/m0./s1. The number of piperazine rings is 1. The zero-order chi connectivity index (χ0) is 33.5. The van der Waals surface area contributed by atoms with Crippen molar-refractivity contribution in [2.45, 2.75) is 31.5 Å². The summed E-state index contributed by atoms with van der Waals surface area (Å²) in [7, 11) is 0. The first-order valence-corrected chi connectivity index (χ1v) is 17.5. The summed E-state index contributed by atoms with van der Waals surface area (Å²) in [4.78, 5) is 25.8. The molecular formula is C38H36Cl2FN5O2S. The van der Waals surface area contributed by atoms with Crippen LogP contribution in [0.5, 0.6) is 5.75 Å². The number of H-pyrrole nitrogens is 1. The van der Waals surface area contributed by atoms with Gasteiger partial charge in [-0.05, 0) is 77.9 Å². The third-order valence-electron chi connectivity index (χ3n) is 8.64. The van der Waals surface area contributed by atoms with E-state index in [0.29, 0.717) is 24.6 Å². The molecule has 2 atom stereocenters. The number of anilines is 1. The lowest BCUT2D eigenvalue weighted by Gasteiger charge is -2.45. The zero-order valence-electron chi connectivity index (χ0n) is 26.9. The van der Waals surface area contributed by atoms with Gasteiger partial charge in [0.25, 0.3) is 0 Å². The smallest absolute Gasteiger partial charge is 0.241 e. The summed E-state index contributed by atoms with van der Waals surface area (Å²) < 4.78 is 20.8. The van der Waals surface area contributed by atoms with Crippen LogP contribution in [-0.4, -0.2) is 51.9 Å². The Morgan fingerprint density at radius 2 is 1.92 bits per heavy atom. The minimum absolute atomic E-state index is 0. The third kappa shape index (κ3) is 8.64. The van der Waals surface area contributed by atoms with Crippen LogP contribution < -0.4 is 9.64 Å². The molecule has 0 bridgehead atoms. The summed E-state index contributed by atoms with van der Waals surface area (Å²) >= 11 is 8.33. The second-order valence-electron chi connectivity index (χ2n) is 11.7. The molecule has 0 spiro atoms. The van der Waals surface area contributed by atoms with Crippen LogP contribution in [0.2, 0.25) is 5.02 Å². The molecule has 1 unspecified atom stereocenters. The average Bonchev–Trinajstić information content (AvgIpc) is 3.65. The van der Waals surface area contributed by atoms with Crippen molar-refractivity contribution < 1.29 is 13.9 Å². The molecule has 1 N–H and O–H groups in total. The number of imidazole rings is 1. The highest BCUT2D eigenvalue weighted by molar-refractivity contribution is 7.98. The van der Waals surface area contributed by atoms with Gasteiger partial charge in [0.2, 0.25) is 5.91 Å². The SMILES string of the molecule is CSCCC1CN(c2cc(Cl)ccc2-c2cccc(OCc3ccccc3)c2)C(=O)CN1[C@@H](Cc1ccc(C#N)c(F)c1)c1cnc[nH]1.Cl. The van der Waals surface area contributed by atoms with Crippen LogP contribution in [0.25, 0.3) is 11.1 Å². The van der Waals surface area contributed by atoms with E-state index in [1.54, 1.807) is 30.4 Å². The van der Waals surface area contributed by atoms with Crippen LogP contribution in [0.3, 0.4) is 0 Å². The zero-order valence-corrected chi connectivity index (χ0v) is 29.3. The number of nitrogens with zero attached hydrogens (tertiary/aromatic N) is 4. The molecule has 4 aromatic carbocycles. The number of nitrogens with one attached hydrogen (secondary N) is 1. The van der Waals surface area contributed by atoms with E-state index in [-0.39, 0.29) is 42.5 Å². The Labute approximate surface area is 301 Å². The van der Waals surface area contributed by atoms with Crippen LogP contribution in [0.4, 0.5) is 10.1 Å². The Kier molecular flexibility index (Phi) is 12.4. The number of rotatable bonds is 12. The molecule has 1 aliphatic rings. The molecule has 0 aliphatic carbocycles.